The molecule has 1 aliphatic rings. The molecule has 106 valence electrons. The van der Waals surface area contributed by atoms with Crippen LogP contribution in [0.4, 0.5) is 0 Å². The van der Waals surface area contributed by atoms with Gasteiger partial charge in [0.05, 0.1) is 23.5 Å². The molecule has 1 aliphatic heterocycles. The predicted octanol–water partition coefficient (Wildman–Crippen LogP) is 2.31. The van der Waals surface area contributed by atoms with Gasteiger partial charge in [-0.1, -0.05) is 18.6 Å². The third kappa shape index (κ3) is 2.48. The van der Waals surface area contributed by atoms with Gasteiger partial charge in [-0.2, -0.15) is 0 Å². The summed E-state index contributed by atoms with van der Waals surface area (Å²) in [6.45, 7) is 3.91. The molecule has 0 amide bonds. The number of aryl methyl sites for hydroxylation is 1. The number of carbonyl (C=O) groups is 1. The molecule has 0 spiro atoms. The van der Waals surface area contributed by atoms with Crippen LogP contribution in [0, 0.1) is 0 Å². The number of carbonyl (C=O) groups excluding carboxylic acids is 1. The molecule has 0 bridgehead atoms. The normalized spacial score (nSPS) is 19.4. The van der Waals surface area contributed by atoms with Crippen LogP contribution in [0.5, 0.6) is 0 Å². The van der Waals surface area contributed by atoms with Crippen LogP contribution in [0.15, 0.2) is 24.3 Å². The van der Waals surface area contributed by atoms with Gasteiger partial charge in [0.2, 0.25) is 0 Å². The van der Waals surface area contributed by atoms with Crippen molar-refractivity contribution in [2.24, 2.45) is 0 Å². The van der Waals surface area contributed by atoms with Crippen molar-refractivity contribution >= 4 is 16.8 Å². The van der Waals surface area contributed by atoms with E-state index in [4.69, 9.17) is 0 Å². The van der Waals surface area contributed by atoms with Crippen LogP contribution in [0.1, 0.15) is 32.0 Å². The summed E-state index contributed by atoms with van der Waals surface area (Å²) < 4.78 is 2.15. The van der Waals surface area contributed by atoms with E-state index in [1.54, 1.807) is 0 Å². The van der Waals surface area contributed by atoms with Crippen molar-refractivity contribution in [3.05, 3.63) is 30.1 Å². The largest absolute Gasteiger partial charge is 0.328 e. The third-order valence-corrected chi connectivity index (χ3v) is 4.08. The number of nitrogens with one attached hydrogen (secondary N) is 1. The Morgan fingerprint density at radius 3 is 3.00 bits per heavy atom. The van der Waals surface area contributed by atoms with Gasteiger partial charge in [-0.05, 0) is 38.4 Å². The van der Waals surface area contributed by atoms with E-state index in [0.29, 0.717) is 6.42 Å². The molecule has 1 N–H and O–H groups in total. The Labute approximate surface area is 119 Å². The van der Waals surface area contributed by atoms with E-state index in [1.165, 1.54) is 6.42 Å². The Kier molecular flexibility index (Phi) is 3.83. The quantitative estimate of drug-likeness (QED) is 0.928. The monoisotopic (exact) mass is 271 g/mol. The second-order valence-corrected chi connectivity index (χ2v) is 5.41. The van der Waals surface area contributed by atoms with Crippen LogP contribution in [-0.2, 0) is 17.8 Å². The van der Waals surface area contributed by atoms with Gasteiger partial charge in [0.15, 0.2) is 5.78 Å². The average molecular weight is 271 g/mol. The van der Waals surface area contributed by atoms with Gasteiger partial charge < -0.3 is 9.88 Å². The zero-order chi connectivity index (χ0) is 13.9. The zero-order valence-electron chi connectivity index (χ0n) is 11.9. The number of benzene rings is 1. The smallest absolute Gasteiger partial charge is 0.157 e. The number of para-hydroxylation sites is 2. The van der Waals surface area contributed by atoms with E-state index in [1.807, 2.05) is 18.2 Å². The molecule has 1 unspecified atom stereocenters. The number of ketones is 1. The van der Waals surface area contributed by atoms with E-state index in [2.05, 4.69) is 27.9 Å². The maximum atomic E-state index is 12.4. The summed E-state index contributed by atoms with van der Waals surface area (Å²) in [7, 11) is 0. The molecule has 1 saturated heterocycles. The molecule has 2 heterocycles. The fraction of sp³-hybridized carbons (Fsp3) is 0.500. The topological polar surface area (TPSA) is 46.9 Å². The summed E-state index contributed by atoms with van der Waals surface area (Å²) in [5.74, 6) is 1.17. The number of aromatic nitrogens is 2. The minimum Gasteiger partial charge on any atom is -0.328 e. The Morgan fingerprint density at radius 2 is 2.25 bits per heavy atom. The van der Waals surface area contributed by atoms with Crippen molar-refractivity contribution in [2.75, 3.05) is 6.54 Å². The lowest BCUT2D eigenvalue weighted by Crippen LogP contribution is -2.41. The molecular formula is C16H21N3O. The summed E-state index contributed by atoms with van der Waals surface area (Å²) in [6, 6.07) is 8.11. The van der Waals surface area contributed by atoms with Gasteiger partial charge in [-0.3, -0.25) is 4.79 Å². The van der Waals surface area contributed by atoms with Crippen molar-refractivity contribution < 1.29 is 4.79 Å². The van der Waals surface area contributed by atoms with Gasteiger partial charge in [-0.25, -0.2) is 4.98 Å². The van der Waals surface area contributed by atoms with Gasteiger partial charge in [-0.15, -0.1) is 0 Å². The molecule has 1 fully saturated rings. The molecule has 0 saturated carbocycles. The molecule has 20 heavy (non-hydrogen) atoms. The summed E-state index contributed by atoms with van der Waals surface area (Å²) in [6.07, 6.45) is 3.72. The minimum atomic E-state index is 0.0221. The number of fused-ring (bicyclic) bond motifs is 1. The average Bonchev–Trinajstić information content (AvgIpc) is 2.85. The first-order valence-corrected chi connectivity index (χ1v) is 7.50. The van der Waals surface area contributed by atoms with Crippen LogP contribution >= 0.6 is 0 Å². The van der Waals surface area contributed by atoms with Crippen molar-refractivity contribution in [3.63, 3.8) is 0 Å². The van der Waals surface area contributed by atoms with Gasteiger partial charge in [0, 0.05) is 6.54 Å². The van der Waals surface area contributed by atoms with Crippen LogP contribution < -0.4 is 5.32 Å². The van der Waals surface area contributed by atoms with Crippen LogP contribution in [-0.4, -0.2) is 27.9 Å². The second kappa shape index (κ2) is 5.75. The van der Waals surface area contributed by atoms with Crippen LogP contribution in [0.3, 0.4) is 0 Å². The zero-order valence-corrected chi connectivity index (χ0v) is 11.9. The molecule has 4 nitrogen and oxygen atoms in total. The third-order valence-electron chi connectivity index (χ3n) is 4.08. The lowest BCUT2D eigenvalue weighted by atomic mass is 9.99. The number of hydrogen-bond donors (Lipinski definition) is 1. The van der Waals surface area contributed by atoms with Crippen molar-refractivity contribution in [1.29, 1.82) is 0 Å². The molecule has 0 radical (unpaired) electrons. The number of Topliss-reactive ketones (excluding diaryl/α,β-unsaturated/α-hetero) is 1. The second-order valence-electron chi connectivity index (χ2n) is 5.41. The van der Waals surface area contributed by atoms with E-state index in [-0.39, 0.29) is 11.8 Å². The van der Waals surface area contributed by atoms with Gasteiger partial charge in [0.1, 0.15) is 5.82 Å². The fourth-order valence-corrected chi connectivity index (χ4v) is 3.02. The summed E-state index contributed by atoms with van der Waals surface area (Å²) in [5, 5.41) is 3.32. The summed E-state index contributed by atoms with van der Waals surface area (Å²) >= 11 is 0. The maximum absolute atomic E-state index is 12.4. The van der Waals surface area contributed by atoms with Gasteiger partial charge in [0.25, 0.3) is 0 Å². The van der Waals surface area contributed by atoms with E-state index >= 15 is 0 Å². The summed E-state index contributed by atoms with van der Waals surface area (Å²) in [5.41, 5.74) is 2.10. The predicted molar refractivity (Wildman–Crippen MR) is 79.8 cm³/mol. The maximum Gasteiger partial charge on any atom is 0.157 e. The number of imidazole rings is 1. The number of rotatable bonds is 4. The van der Waals surface area contributed by atoms with Crippen LogP contribution in [0.2, 0.25) is 0 Å². The number of nitrogens with zero attached hydrogens (tertiary/aromatic N) is 2. The molecule has 1 atom stereocenters. The highest BCUT2D eigenvalue weighted by atomic mass is 16.1. The van der Waals surface area contributed by atoms with Crippen molar-refractivity contribution in [3.8, 4) is 0 Å². The van der Waals surface area contributed by atoms with Crippen molar-refractivity contribution in [2.45, 2.75) is 45.2 Å². The lowest BCUT2D eigenvalue weighted by Gasteiger charge is -2.22. The molecule has 1 aromatic carbocycles. The van der Waals surface area contributed by atoms with E-state index in [9.17, 15) is 4.79 Å². The number of hydrogen-bond acceptors (Lipinski definition) is 3. The highest BCUT2D eigenvalue weighted by Crippen LogP contribution is 2.17. The standard InChI is InChI=1S/C16H21N3O/c1-2-19-14-9-4-3-7-12(14)18-16(19)11-15(20)13-8-5-6-10-17-13/h3-4,7,9,13,17H,2,5-6,8,10-11H2,1H3. The Morgan fingerprint density at radius 1 is 1.40 bits per heavy atom. The molecule has 4 heteroatoms. The number of piperidine rings is 1. The molecule has 2 aromatic rings. The van der Waals surface area contributed by atoms with Crippen LogP contribution in [0.25, 0.3) is 11.0 Å². The minimum absolute atomic E-state index is 0.0221. The lowest BCUT2D eigenvalue weighted by molar-refractivity contribution is -0.121. The Balaban J connectivity index is 1.84. The van der Waals surface area contributed by atoms with Crippen molar-refractivity contribution in [1.82, 2.24) is 14.9 Å². The van der Waals surface area contributed by atoms with E-state index < -0.39 is 0 Å². The first kappa shape index (κ1) is 13.3. The molecular weight excluding hydrogens is 250 g/mol. The molecule has 1 aromatic heterocycles. The highest BCUT2D eigenvalue weighted by Gasteiger charge is 2.22. The first-order chi connectivity index (χ1) is 9.79. The fourth-order valence-electron chi connectivity index (χ4n) is 3.02. The van der Waals surface area contributed by atoms with E-state index in [0.717, 1.165) is 42.8 Å². The molecule has 3 rings (SSSR count). The Bertz CT molecular complexity index is 611. The Hall–Kier alpha value is -1.68. The molecule has 0 aliphatic carbocycles. The van der Waals surface area contributed by atoms with Gasteiger partial charge >= 0.3 is 0 Å². The summed E-state index contributed by atoms with van der Waals surface area (Å²) in [4.78, 5) is 17.0. The highest BCUT2D eigenvalue weighted by molar-refractivity contribution is 5.86. The SMILES string of the molecule is CCn1c(CC(=O)C2CCCCN2)nc2ccccc21. The first-order valence-electron chi connectivity index (χ1n) is 7.50.